The van der Waals surface area contributed by atoms with Crippen LogP contribution >= 0.6 is 23.2 Å². The number of carbonyl (C=O) groups is 2. The van der Waals surface area contributed by atoms with Gasteiger partial charge in [0.2, 0.25) is 0 Å². The fraction of sp³-hybridized carbons (Fsp3) is 0.167. The lowest BCUT2D eigenvalue weighted by Gasteiger charge is -2.25. The molecule has 1 aliphatic rings. The standard InChI is InChI=1S/C24H18Cl2FNO6/c1-32-22-15(10-16(25)23(33-2)18(22)26)20(29)17-19(12-5-7-13(27)8-6-12)28(24(31)21(17)30)11-14-4-3-9-34-14/h3-10,19,29H,11H2,1-2H3/b20-17+. The van der Waals surface area contributed by atoms with Gasteiger partial charge >= 0.3 is 0 Å². The third-order valence-electron chi connectivity index (χ3n) is 5.43. The first-order chi connectivity index (χ1) is 16.3. The predicted octanol–water partition coefficient (Wildman–Crippen LogP) is 5.36. The third kappa shape index (κ3) is 3.99. The number of halogens is 3. The first-order valence-electron chi connectivity index (χ1n) is 9.95. The number of nitrogens with zero attached hydrogens (tertiary/aromatic N) is 1. The van der Waals surface area contributed by atoms with Crippen LogP contribution in [0.3, 0.4) is 0 Å². The van der Waals surface area contributed by atoms with E-state index in [0.29, 0.717) is 11.3 Å². The molecule has 2 aromatic carbocycles. The molecule has 2 heterocycles. The van der Waals surface area contributed by atoms with Crippen molar-refractivity contribution in [1.29, 1.82) is 0 Å². The van der Waals surface area contributed by atoms with Gasteiger partial charge in [0, 0.05) is 0 Å². The molecule has 1 atom stereocenters. The number of rotatable bonds is 6. The smallest absolute Gasteiger partial charge is 0.296 e. The zero-order chi connectivity index (χ0) is 24.6. The second kappa shape index (κ2) is 9.40. The monoisotopic (exact) mass is 505 g/mol. The van der Waals surface area contributed by atoms with Gasteiger partial charge in [-0.25, -0.2) is 4.39 Å². The molecule has 0 saturated carbocycles. The highest BCUT2D eigenvalue weighted by Crippen LogP contribution is 2.47. The molecule has 0 bridgehead atoms. The average Bonchev–Trinajstić information content (AvgIpc) is 3.42. The molecule has 1 aliphatic heterocycles. The van der Waals surface area contributed by atoms with Crippen molar-refractivity contribution < 1.29 is 33.0 Å². The van der Waals surface area contributed by atoms with Gasteiger partial charge in [-0.05, 0) is 35.9 Å². The van der Waals surface area contributed by atoms with E-state index in [1.807, 2.05) is 0 Å². The SMILES string of the molecule is COc1c(Cl)cc(/C(O)=C2\C(=O)C(=O)N(Cc3ccco3)C2c2ccc(F)cc2)c(OC)c1Cl. The first-order valence-corrected chi connectivity index (χ1v) is 10.7. The van der Waals surface area contributed by atoms with Gasteiger partial charge in [-0.15, -0.1) is 0 Å². The zero-order valence-corrected chi connectivity index (χ0v) is 19.5. The molecule has 1 fully saturated rings. The van der Waals surface area contributed by atoms with E-state index in [-0.39, 0.29) is 39.2 Å². The summed E-state index contributed by atoms with van der Waals surface area (Å²) in [4.78, 5) is 27.4. The molecule has 7 nitrogen and oxygen atoms in total. The summed E-state index contributed by atoms with van der Waals surface area (Å²) in [7, 11) is 2.68. The van der Waals surface area contributed by atoms with E-state index >= 15 is 0 Å². The fourth-order valence-electron chi connectivity index (χ4n) is 3.90. The van der Waals surface area contributed by atoms with Gasteiger partial charge < -0.3 is 23.9 Å². The minimum atomic E-state index is -1.05. The Morgan fingerprint density at radius 2 is 1.79 bits per heavy atom. The number of hydrogen-bond acceptors (Lipinski definition) is 6. The number of Topliss-reactive ketones (excluding diaryl/α,β-unsaturated/α-hetero) is 1. The zero-order valence-electron chi connectivity index (χ0n) is 18.0. The van der Waals surface area contributed by atoms with E-state index in [4.69, 9.17) is 37.1 Å². The summed E-state index contributed by atoms with van der Waals surface area (Å²) in [5.41, 5.74) is 0.151. The number of ketones is 1. The third-order valence-corrected chi connectivity index (χ3v) is 6.05. The van der Waals surface area contributed by atoms with Gasteiger partial charge in [0.1, 0.15) is 22.4 Å². The van der Waals surface area contributed by atoms with Crippen LogP contribution in [0.15, 0.2) is 58.7 Å². The molecular formula is C24H18Cl2FNO6. The number of methoxy groups -OCH3 is 2. The Kier molecular flexibility index (Phi) is 6.54. The Morgan fingerprint density at radius 3 is 2.38 bits per heavy atom. The number of likely N-dealkylation sites (tertiary alicyclic amines) is 1. The van der Waals surface area contributed by atoms with E-state index in [9.17, 15) is 19.1 Å². The molecule has 176 valence electrons. The maximum absolute atomic E-state index is 13.6. The van der Waals surface area contributed by atoms with Crippen molar-refractivity contribution in [3.63, 3.8) is 0 Å². The Hall–Kier alpha value is -3.49. The molecule has 1 saturated heterocycles. The van der Waals surface area contributed by atoms with E-state index in [1.165, 1.54) is 55.7 Å². The van der Waals surface area contributed by atoms with Crippen molar-refractivity contribution in [2.45, 2.75) is 12.6 Å². The minimum absolute atomic E-state index is 0.00416. The van der Waals surface area contributed by atoms with E-state index in [0.717, 1.165) is 0 Å². The summed E-state index contributed by atoms with van der Waals surface area (Å²) in [6.07, 6.45) is 1.44. The topological polar surface area (TPSA) is 89.2 Å². The number of ether oxygens (including phenoxy) is 2. The molecule has 0 radical (unpaired) electrons. The highest BCUT2D eigenvalue weighted by molar-refractivity contribution is 6.47. The molecule has 3 aromatic rings. The molecular weight excluding hydrogens is 488 g/mol. The van der Waals surface area contributed by atoms with Crippen LogP contribution in [0.25, 0.3) is 5.76 Å². The second-order valence-corrected chi connectivity index (χ2v) is 8.13. The van der Waals surface area contributed by atoms with Crippen LogP contribution in [-0.2, 0) is 16.1 Å². The van der Waals surface area contributed by atoms with Crippen LogP contribution in [0.5, 0.6) is 11.5 Å². The highest BCUT2D eigenvalue weighted by atomic mass is 35.5. The second-order valence-electron chi connectivity index (χ2n) is 7.34. The van der Waals surface area contributed by atoms with Crippen molar-refractivity contribution in [3.8, 4) is 11.5 Å². The molecule has 34 heavy (non-hydrogen) atoms. The number of benzene rings is 2. The molecule has 0 aliphatic carbocycles. The molecule has 1 amide bonds. The van der Waals surface area contributed by atoms with Crippen LogP contribution < -0.4 is 9.47 Å². The van der Waals surface area contributed by atoms with Crippen molar-refractivity contribution in [1.82, 2.24) is 4.90 Å². The average molecular weight is 506 g/mol. The summed E-state index contributed by atoms with van der Waals surface area (Å²) in [5, 5.41) is 11.3. The number of furan rings is 1. The molecule has 0 spiro atoms. The summed E-state index contributed by atoms with van der Waals surface area (Å²) >= 11 is 12.6. The minimum Gasteiger partial charge on any atom is -0.507 e. The van der Waals surface area contributed by atoms with Crippen molar-refractivity contribution in [2.75, 3.05) is 14.2 Å². The lowest BCUT2D eigenvalue weighted by Crippen LogP contribution is -2.29. The number of carbonyl (C=O) groups excluding carboxylic acids is 2. The van der Waals surface area contributed by atoms with Gasteiger partial charge in [0.05, 0.1) is 49.2 Å². The summed E-state index contributed by atoms with van der Waals surface area (Å²) in [6, 6.07) is 8.82. The Balaban J connectivity index is 1.95. The predicted molar refractivity (Wildman–Crippen MR) is 123 cm³/mol. The Morgan fingerprint density at radius 1 is 1.12 bits per heavy atom. The maximum Gasteiger partial charge on any atom is 0.296 e. The van der Waals surface area contributed by atoms with Crippen LogP contribution in [0.2, 0.25) is 10.0 Å². The molecule has 1 N–H and O–H groups in total. The van der Waals surface area contributed by atoms with Crippen molar-refractivity contribution in [2.24, 2.45) is 0 Å². The van der Waals surface area contributed by atoms with Gasteiger partial charge in [-0.1, -0.05) is 35.3 Å². The van der Waals surface area contributed by atoms with Crippen molar-refractivity contribution >= 4 is 40.7 Å². The number of hydrogen-bond donors (Lipinski definition) is 1. The quantitative estimate of drug-likeness (QED) is 0.275. The lowest BCUT2D eigenvalue weighted by molar-refractivity contribution is -0.140. The number of amides is 1. The van der Waals surface area contributed by atoms with E-state index in [1.54, 1.807) is 12.1 Å². The fourth-order valence-corrected chi connectivity index (χ4v) is 4.58. The van der Waals surface area contributed by atoms with Gasteiger partial charge in [0.25, 0.3) is 11.7 Å². The number of aliphatic hydroxyl groups is 1. The van der Waals surface area contributed by atoms with Crippen LogP contribution in [0.4, 0.5) is 4.39 Å². The Bertz CT molecular complexity index is 1290. The Labute approximate surface area is 203 Å². The van der Waals surface area contributed by atoms with Gasteiger partial charge in [-0.3, -0.25) is 9.59 Å². The number of aliphatic hydroxyl groups excluding tert-OH is 1. The largest absolute Gasteiger partial charge is 0.507 e. The maximum atomic E-state index is 13.6. The van der Waals surface area contributed by atoms with Crippen LogP contribution in [-0.4, -0.2) is 35.9 Å². The lowest BCUT2D eigenvalue weighted by atomic mass is 9.95. The molecule has 4 rings (SSSR count). The van der Waals surface area contributed by atoms with Gasteiger partial charge in [-0.2, -0.15) is 0 Å². The highest BCUT2D eigenvalue weighted by Gasteiger charge is 2.46. The van der Waals surface area contributed by atoms with E-state index < -0.39 is 29.3 Å². The van der Waals surface area contributed by atoms with Crippen molar-refractivity contribution in [3.05, 3.63) is 87.1 Å². The van der Waals surface area contributed by atoms with Crippen LogP contribution in [0.1, 0.15) is 22.9 Å². The van der Waals surface area contributed by atoms with E-state index in [2.05, 4.69) is 0 Å². The summed E-state index contributed by atoms with van der Waals surface area (Å²) in [6.45, 7) is -0.0579. The summed E-state index contributed by atoms with van der Waals surface area (Å²) in [5.74, 6) is -2.33. The molecule has 1 unspecified atom stereocenters. The van der Waals surface area contributed by atoms with Crippen LogP contribution in [0, 0.1) is 5.82 Å². The molecule has 1 aromatic heterocycles. The summed E-state index contributed by atoms with van der Waals surface area (Å²) < 4.78 is 29.5. The normalized spacial score (nSPS) is 17.3. The first kappa shape index (κ1) is 23.7. The molecule has 10 heteroatoms. The van der Waals surface area contributed by atoms with Gasteiger partial charge in [0.15, 0.2) is 11.5 Å².